The van der Waals surface area contributed by atoms with Crippen molar-refractivity contribution in [1.29, 1.82) is 0 Å². The Balaban J connectivity index is 2.39. The third-order valence-electron chi connectivity index (χ3n) is 2.49. The molecule has 0 saturated heterocycles. The summed E-state index contributed by atoms with van der Waals surface area (Å²) in [6, 6.07) is 9.74. The van der Waals surface area contributed by atoms with Crippen molar-refractivity contribution in [2.45, 2.75) is 11.8 Å². The Morgan fingerprint density at radius 1 is 1.21 bits per heavy atom. The Morgan fingerprint density at radius 3 is 2.47 bits per heavy atom. The van der Waals surface area contributed by atoms with E-state index in [0.29, 0.717) is 5.56 Å². The number of aryl methyl sites for hydroxylation is 1. The molecule has 1 aromatic heterocycles. The zero-order chi connectivity index (χ0) is 13.9. The van der Waals surface area contributed by atoms with Gasteiger partial charge in [-0.2, -0.15) is 8.42 Å². The SMILES string of the molecule is Cc1ccc(S(=O)(=O)/N=C(\N)c2cccnc2)cc1. The zero-order valence-electron chi connectivity index (χ0n) is 10.3. The molecule has 0 aliphatic carbocycles. The molecule has 0 amide bonds. The minimum Gasteiger partial charge on any atom is -0.382 e. The van der Waals surface area contributed by atoms with Gasteiger partial charge in [0.25, 0.3) is 10.0 Å². The van der Waals surface area contributed by atoms with Crippen LogP contribution in [0.2, 0.25) is 0 Å². The van der Waals surface area contributed by atoms with Gasteiger partial charge in [0.2, 0.25) is 0 Å². The topological polar surface area (TPSA) is 85.4 Å². The van der Waals surface area contributed by atoms with Gasteiger partial charge in [0.05, 0.1) is 4.90 Å². The van der Waals surface area contributed by atoms with Crippen molar-refractivity contribution in [2.24, 2.45) is 10.1 Å². The van der Waals surface area contributed by atoms with Crippen LogP contribution in [0.5, 0.6) is 0 Å². The summed E-state index contributed by atoms with van der Waals surface area (Å²) in [7, 11) is -3.79. The number of nitrogens with two attached hydrogens (primary N) is 1. The quantitative estimate of drug-likeness (QED) is 0.679. The first-order chi connectivity index (χ1) is 8.99. The van der Waals surface area contributed by atoms with Crippen molar-refractivity contribution in [1.82, 2.24) is 4.98 Å². The molecule has 2 N–H and O–H groups in total. The molecule has 1 aromatic carbocycles. The van der Waals surface area contributed by atoms with Gasteiger partial charge in [0, 0.05) is 18.0 Å². The fourth-order valence-corrected chi connectivity index (χ4v) is 2.41. The highest BCUT2D eigenvalue weighted by Crippen LogP contribution is 2.13. The van der Waals surface area contributed by atoms with Crippen molar-refractivity contribution < 1.29 is 8.42 Å². The van der Waals surface area contributed by atoms with E-state index in [1.165, 1.54) is 18.3 Å². The standard InChI is InChI=1S/C13H13N3O2S/c1-10-4-6-12(7-5-10)19(17,18)16-13(14)11-3-2-8-15-9-11/h2-9H,1H3,(H2,14,16). The number of benzene rings is 1. The van der Waals surface area contributed by atoms with Gasteiger partial charge in [-0.25, -0.2) is 0 Å². The second-order valence-corrected chi connectivity index (χ2v) is 5.61. The highest BCUT2D eigenvalue weighted by molar-refractivity contribution is 7.90. The van der Waals surface area contributed by atoms with Crippen molar-refractivity contribution in [3.05, 3.63) is 59.9 Å². The summed E-state index contributed by atoms with van der Waals surface area (Å²) in [6.45, 7) is 1.88. The van der Waals surface area contributed by atoms with E-state index >= 15 is 0 Å². The maximum Gasteiger partial charge on any atom is 0.284 e. The summed E-state index contributed by atoms with van der Waals surface area (Å²) < 4.78 is 27.7. The van der Waals surface area contributed by atoms with Gasteiger partial charge in [0.1, 0.15) is 5.84 Å². The molecule has 2 aromatic rings. The van der Waals surface area contributed by atoms with Gasteiger partial charge < -0.3 is 5.73 Å². The fourth-order valence-electron chi connectivity index (χ4n) is 1.46. The molecule has 2 rings (SSSR count). The van der Waals surface area contributed by atoms with Crippen LogP contribution in [0.15, 0.2) is 58.1 Å². The average molecular weight is 275 g/mol. The third kappa shape index (κ3) is 3.17. The first-order valence-electron chi connectivity index (χ1n) is 5.56. The van der Waals surface area contributed by atoms with Crippen LogP contribution in [-0.4, -0.2) is 19.2 Å². The predicted molar refractivity (Wildman–Crippen MR) is 73.3 cm³/mol. The molecule has 0 atom stereocenters. The number of hydrogen-bond acceptors (Lipinski definition) is 3. The van der Waals surface area contributed by atoms with Crippen LogP contribution in [0.3, 0.4) is 0 Å². The molecule has 0 fully saturated rings. The molecule has 0 aliphatic rings. The third-order valence-corrected chi connectivity index (χ3v) is 3.80. The summed E-state index contributed by atoms with van der Waals surface area (Å²) in [4.78, 5) is 3.98. The van der Waals surface area contributed by atoms with E-state index in [9.17, 15) is 8.42 Å². The number of hydrogen-bond donors (Lipinski definition) is 1. The molecular formula is C13H13N3O2S. The first kappa shape index (κ1) is 13.2. The average Bonchev–Trinajstić information content (AvgIpc) is 2.40. The van der Waals surface area contributed by atoms with Crippen LogP contribution in [0.1, 0.15) is 11.1 Å². The lowest BCUT2D eigenvalue weighted by atomic mass is 10.2. The van der Waals surface area contributed by atoms with Crippen LogP contribution in [0, 0.1) is 6.92 Å². The number of sulfonamides is 1. The Labute approximate surface area is 111 Å². The predicted octanol–water partition coefficient (Wildman–Crippen LogP) is 1.48. The lowest BCUT2D eigenvalue weighted by molar-refractivity contribution is 0.598. The van der Waals surface area contributed by atoms with Crippen LogP contribution < -0.4 is 5.73 Å². The molecule has 1 heterocycles. The van der Waals surface area contributed by atoms with Gasteiger partial charge in [-0.1, -0.05) is 17.7 Å². The fraction of sp³-hybridized carbons (Fsp3) is 0.0769. The second-order valence-electron chi connectivity index (χ2n) is 4.01. The maximum atomic E-state index is 12.0. The van der Waals surface area contributed by atoms with Crippen molar-refractivity contribution in [3.63, 3.8) is 0 Å². The van der Waals surface area contributed by atoms with E-state index in [-0.39, 0.29) is 10.7 Å². The molecule has 6 heteroatoms. The highest BCUT2D eigenvalue weighted by atomic mass is 32.2. The minimum atomic E-state index is -3.79. The second kappa shape index (κ2) is 5.19. The summed E-state index contributed by atoms with van der Waals surface area (Å²) >= 11 is 0. The zero-order valence-corrected chi connectivity index (χ0v) is 11.1. The summed E-state index contributed by atoms with van der Waals surface area (Å²) in [5, 5.41) is 0. The largest absolute Gasteiger partial charge is 0.382 e. The van der Waals surface area contributed by atoms with E-state index in [1.54, 1.807) is 30.5 Å². The van der Waals surface area contributed by atoms with Gasteiger partial charge in [-0.3, -0.25) is 4.98 Å². The molecule has 0 spiro atoms. The summed E-state index contributed by atoms with van der Waals surface area (Å²) in [6.07, 6.45) is 3.04. The first-order valence-corrected chi connectivity index (χ1v) is 7.00. The molecule has 0 unspecified atom stereocenters. The molecule has 19 heavy (non-hydrogen) atoms. The maximum absolute atomic E-state index is 12.0. The van der Waals surface area contributed by atoms with E-state index in [0.717, 1.165) is 5.56 Å². The Bertz CT molecular complexity index is 692. The normalized spacial score (nSPS) is 12.4. The van der Waals surface area contributed by atoms with E-state index < -0.39 is 10.0 Å². The number of nitrogens with zero attached hydrogens (tertiary/aromatic N) is 2. The molecule has 5 nitrogen and oxygen atoms in total. The number of amidine groups is 1. The Morgan fingerprint density at radius 2 is 1.89 bits per heavy atom. The summed E-state index contributed by atoms with van der Waals surface area (Å²) in [5.41, 5.74) is 7.12. The molecular weight excluding hydrogens is 262 g/mol. The van der Waals surface area contributed by atoms with Crippen molar-refractivity contribution >= 4 is 15.9 Å². The lowest BCUT2D eigenvalue weighted by Gasteiger charge is -2.02. The Kier molecular flexibility index (Phi) is 3.62. The molecule has 0 aliphatic heterocycles. The van der Waals surface area contributed by atoms with Gasteiger partial charge in [-0.15, -0.1) is 4.40 Å². The number of rotatable bonds is 3. The van der Waals surface area contributed by atoms with Crippen LogP contribution in [0.25, 0.3) is 0 Å². The monoisotopic (exact) mass is 275 g/mol. The molecule has 98 valence electrons. The molecule has 0 radical (unpaired) electrons. The van der Waals surface area contributed by atoms with Crippen LogP contribution in [0.4, 0.5) is 0 Å². The molecule has 0 bridgehead atoms. The minimum absolute atomic E-state index is 0.0753. The number of aromatic nitrogens is 1. The van der Waals surface area contributed by atoms with E-state index in [4.69, 9.17) is 5.73 Å². The summed E-state index contributed by atoms with van der Waals surface area (Å²) in [5.74, 6) is -0.0753. The van der Waals surface area contributed by atoms with Gasteiger partial charge >= 0.3 is 0 Å². The van der Waals surface area contributed by atoms with Gasteiger partial charge in [-0.05, 0) is 31.2 Å². The van der Waals surface area contributed by atoms with Crippen LogP contribution in [-0.2, 0) is 10.0 Å². The van der Waals surface area contributed by atoms with Crippen molar-refractivity contribution in [2.75, 3.05) is 0 Å². The number of pyridine rings is 1. The van der Waals surface area contributed by atoms with Crippen LogP contribution >= 0.6 is 0 Å². The highest BCUT2D eigenvalue weighted by Gasteiger charge is 2.13. The van der Waals surface area contributed by atoms with E-state index in [1.807, 2.05) is 6.92 Å². The van der Waals surface area contributed by atoms with E-state index in [2.05, 4.69) is 9.38 Å². The van der Waals surface area contributed by atoms with Crippen molar-refractivity contribution in [3.8, 4) is 0 Å². The van der Waals surface area contributed by atoms with Gasteiger partial charge in [0.15, 0.2) is 0 Å². The lowest BCUT2D eigenvalue weighted by Crippen LogP contribution is -2.16. The smallest absolute Gasteiger partial charge is 0.284 e. The molecule has 0 saturated carbocycles. The Hall–Kier alpha value is -2.21.